The number of carbonyl (C=O) groups is 3. The molecule has 0 saturated heterocycles. The molecule has 0 aliphatic carbocycles. The zero-order valence-electron chi connectivity index (χ0n) is 20.1. The monoisotopic (exact) mass is 505 g/mol. The molecule has 2 amide bonds. The van der Waals surface area contributed by atoms with Gasteiger partial charge in [-0.05, 0) is 49.4 Å². The maximum absolute atomic E-state index is 12.7. The molecule has 11 heteroatoms. The van der Waals surface area contributed by atoms with Crippen molar-refractivity contribution in [2.45, 2.75) is 63.9 Å². The molecule has 10 nitrogen and oxygen atoms in total. The van der Waals surface area contributed by atoms with Gasteiger partial charge in [0.25, 0.3) is 15.9 Å². The molecule has 0 aliphatic heterocycles. The number of aromatic nitrogens is 1. The number of nitrogens with one attached hydrogen (secondary N) is 2. The minimum Gasteiger partial charge on any atom is -0.431 e. The molecular formula is C24H31N3O7S. The lowest BCUT2D eigenvalue weighted by Crippen LogP contribution is -2.30. The van der Waals surface area contributed by atoms with Crippen molar-refractivity contribution in [2.24, 2.45) is 0 Å². The Morgan fingerprint density at radius 1 is 1.06 bits per heavy atom. The summed E-state index contributed by atoms with van der Waals surface area (Å²) in [5.41, 5.74) is 0.657. The maximum Gasteiger partial charge on any atom is 0.515 e. The van der Waals surface area contributed by atoms with Crippen LogP contribution in [0.3, 0.4) is 0 Å². The van der Waals surface area contributed by atoms with E-state index in [0.29, 0.717) is 37.8 Å². The van der Waals surface area contributed by atoms with Crippen LogP contribution in [0.2, 0.25) is 0 Å². The molecule has 1 aromatic heterocycles. The summed E-state index contributed by atoms with van der Waals surface area (Å²) < 4.78 is 37.5. The van der Waals surface area contributed by atoms with E-state index in [1.165, 1.54) is 24.3 Å². The third-order valence-corrected chi connectivity index (χ3v) is 6.34. The first-order valence-corrected chi connectivity index (χ1v) is 12.9. The molecule has 0 atom stereocenters. The molecule has 0 aliphatic rings. The number of carbonyl (C=O) groups excluding carboxylic acids is 3. The predicted octanol–water partition coefficient (Wildman–Crippen LogP) is 3.36. The Balaban J connectivity index is 1.98. The second-order valence-electron chi connectivity index (χ2n) is 7.73. The van der Waals surface area contributed by atoms with Gasteiger partial charge in [0.05, 0.1) is 10.5 Å². The molecule has 2 rings (SSSR count). The van der Waals surface area contributed by atoms with Gasteiger partial charge in [0.2, 0.25) is 11.8 Å². The van der Waals surface area contributed by atoms with Crippen molar-refractivity contribution in [3.05, 3.63) is 53.7 Å². The number of benzene rings is 1. The third kappa shape index (κ3) is 9.01. The summed E-state index contributed by atoms with van der Waals surface area (Å²) in [6, 6.07) is 8.67. The van der Waals surface area contributed by atoms with Crippen LogP contribution in [-0.4, -0.2) is 44.0 Å². The molecule has 1 heterocycles. The van der Waals surface area contributed by atoms with Gasteiger partial charge in [-0.1, -0.05) is 32.9 Å². The summed E-state index contributed by atoms with van der Waals surface area (Å²) in [4.78, 5) is 39.6. The highest BCUT2D eigenvalue weighted by Crippen LogP contribution is 2.14. The highest BCUT2D eigenvalue weighted by molar-refractivity contribution is 7.90. The Kier molecular flexibility index (Phi) is 10.7. The zero-order chi connectivity index (χ0) is 25.8. The number of hydrogen-bond acceptors (Lipinski definition) is 8. The molecule has 0 spiro atoms. The fraction of sp³-hybridized carbons (Fsp3) is 0.417. The van der Waals surface area contributed by atoms with Crippen LogP contribution in [0.4, 0.5) is 4.79 Å². The van der Waals surface area contributed by atoms with Crippen LogP contribution < -0.4 is 14.8 Å². The molecular weight excluding hydrogens is 474 g/mol. The zero-order valence-corrected chi connectivity index (χ0v) is 20.9. The average Bonchev–Trinajstić information content (AvgIpc) is 2.83. The maximum atomic E-state index is 12.7. The van der Waals surface area contributed by atoms with E-state index in [2.05, 4.69) is 10.3 Å². The molecule has 0 saturated carbocycles. The van der Waals surface area contributed by atoms with Crippen molar-refractivity contribution < 1.29 is 32.3 Å². The van der Waals surface area contributed by atoms with Crippen molar-refractivity contribution in [1.29, 1.82) is 0 Å². The topological polar surface area (TPSA) is 141 Å². The van der Waals surface area contributed by atoms with Crippen LogP contribution in [0.5, 0.6) is 5.88 Å². The highest BCUT2D eigenvalue weighted by atomic mass is 32.2. The Morgan fingerprint density at radius 2 is 1.80 bits per heavy atom. The standard InChI is InChI=1S/C24H31N3O7S/c1-4-8-21(28)25-14-13-17-9-7-10-20(15-17)35(31,32)27-23(29)18-11-12-22(26-16-18)34-24(30)33-19(5-2)6-3/h7,9-12,15-16,19H,4-6,8,13-14H2,1-3H3,(H,25,28)(H,27,29). The average molecular weight is 506 g/mol. The molecule has 2 N–H and O–H groups in total. The minimum atomic E-state index is -4.15. The number of sulfonamides is 1. The summed E-state index contributed by atoms with van der Waals surface area (Å²) in [6.07, 6.45) is 2.83. The lowest BCUT2D eigenvalue weighted by atomic mass is 10.1. The van der Waals surface area contributed by atoms with Crippen LogP contribution in [0.1, 0.15) is 62.4 Å². The largest absolute Gasteiger partial charge is 0.515 e. The molecule has 35 heavy (non-hydrogen) atoms. The van der Waals surface area contributed by atoms with Gasteiger partial charge in [0.1, 0.15) is 6.10 Å². The van der Waals surface area contributed by atoms with E-state index in [-0.39, 0.29) is 28.4 Å². The Bertz CT molecular complexity index is 1110. The van der Waals surface area contributed by atoms with E-state index in [9.17, 15) is 22.8 Å². The fourth-order valence-corrected chi connectivity index (χ4v) is 4.09. The van der Waals surface area contributed by atoms with E-state index in [1.54, 1.807) is 12.1 Å². The summed E-state index contributed by atoms with van der Waals surface area (Å²) >= 11 is 0. The molecule has 1 aromatic carbocycles. The van der Waals surface area contributed by atoms with E-state index in [0.717, 1.165) is 12.6 Å². The van der Waals surface area contributed by atoms with Crippen molar-refractivity contribution in [2.75, 3.05) is 6.54 Å². The molecule has 0 fully saturated rings. The first-order valence-electron chi connectivity index (χ1n) is 11.5. The molecule has 190 valence electrons. The van der Waals surface area contributed by atoms with Gasteiger partial charge in [-0.2, -0.15) is 0 Å². The van der Waals surface area contributed by atoms with Crippen LogP contribution in [0.25, 0.3) is 0 Å². The summed E-state index contributed by atoms with van der Waals surface area (Å²) in [5, 5.41) is 2.77. The molecule has 0 bridgehead atoms. The number of hydrogen-bond donors (Lipinski definition) is 2. The number of nitrogens with zero attached hydrogens (tertiary/aromatic N) is 1. The van der Waals surface area contributed by atoms with Gasteiger partial charge in [-0.3, -0.25) is 9.59 Å². The normalized spacial score (nSPS) is 11.1. The fourth-order valence-electron chi connectivity index (χ4n) is 3.05. The first-order chi connectivity index (χ1) is 16.7. The Hall–Kier alpha value is -3.47. The van der Waals surface area contributed by atoms with Crippen molar-refractivity contribution in [3.8, 4) is 5.88 Å². The van der Waals surface area contributed by atoms with E-state index in [1.807, 2.05) is 25.5 Å². The quantitative estimate of drug-likeness (QED) is 0.418. The van der Waals surface area contributed by atoms with Crippen LogP contribution in [0, 0.1) is 0 Å². The smallest absolute Gasteiger partial charge is 0.431 e. The third-order valence-electron chi connectivity index (χ3n) is 5.01. The number of ether oxygens (including phenoxy) is 2. The SMILES string of the molecule is CCCC(=O)NCCc1cccc(S(=O)(=O)NC(=O)c2ccc(OC(=O)OC(CC)CC)nc2)c1. The van der Waals surface area contributed by atoms with E-state index >= 15 is 0 Å². The van der Waals surface area contributed by atoms with Crippen molar-refractivity contribution in [3.63, 3.8) is 0 Å². The van der Waals surface area contributed by atoms with Crippen LogP contribution >= 0.6 is 0 Å². The number of rotatable bonds is 12. The number of amides is 2. The lowest BCUT2D eigenvalue weighted by molar-refractivity contribution is -0.121. The lowest BCUT2D eigenvalue weighted by Gasteiger charge is -2.13. The summed E-state index contributed by atoms with van der Waals surface area (Å²) in [6.45, 7) is 6.04. The Labute approximate surface area is 205 Å². The van der Waals surface area contributed by atoms with Crippen molar-refractivity contribution in [1.82, 2.24) is 15.0 Å². The van der Waals surface area contributed by atoms with Gasteiger partial charge < -0.3 is 14.8 Å². The molecule has 2 aromatic rings. The van der Waals surface area contributed by atoms with Crippen molar-refractivity contribution >= 4 is 28.0 Å². The van der Waals surface area contributed by atoms with E-state index in [4.69, 9.17) is 9.47 Å². The van der Waals surface area contributed by atoms with Crippen LogP contribution in [-0.2, 0) is 26.0 Å². The van der Waals surface area contributed by atoms with E-state index < -0.39 is 22.1 Å². The summed E-state index contributed by atoms with van der Waals surface area (Å²) in [5.74, 6) is -1.03. The molecule has 0 radical (unpaired) electrons. The minimum absolute atomic E-state index is 0.0379. The van der Waals surface area contributed by atoms with Gasteiger partial charge in [0, 0.05) is 25.2 Å². The second kappa shape index (κ2) is 13.4. The highest BCUT2D eigenvalue weighted by Gasteiger charge is 2.20. The second-order valence-corrected chi connectivity index (χ2v) is 9.41. The van der Waals surface area contributed by atoms with Gasteiger partial charge in [-0.25, -0.2) is 22.9 Å². The van der Waals surface area contributed by atoms with Gasteiger partial charge in [-0.15, -0.1) is 0 Å². The van der Waals surface area contributed by atoms with Gasteiger partial charge >= 0.3 is 6.16 Å². The van der Waals surface area contributed by atoms with Crippen LogP contribution in [0.15, 0.2) is 47.5 Å². The van der Waals surface area contributed by atoms with Gasteiger partial charge in [0.15, 0.2) is 0 Å². The first kappa shape index (κ1) is 27.8. The summed E-state index contributed by atoms with van der Waals surface area (Å²) in [7, 11) is -4.15. The molecule has 0 unspecified atom stereocenters. The predicted molar refractivity (Wildman–Crippen MR) is 128 cm³/mol. The number of pyridine rings is 1. The Morgan fingerprint density at radius 3 is 2.43 bits per heavy atom.